The van der Waals surface area contributed by atoms with E-state index >= 15 is 0 Å². The fourth-order valence-electron chi connectivity index (χ4n) is 5.08. The average molecular weight is 544 g/mol. The molecule has 4 rings (SSSR count). The first-order valence-corrected chi connectivity index (χ1v) is 16.7. The van der Waals surface area contributed by atoms with Crippen LogP contribution in [-0.2, 0) is 18.6 Å². The van der Waals surface area contributed by atoms with Crippen molar-refractivity contribution in [3.63, 3.8) is 0 Å². The molecule has 0 spiro atoms. The molecule has 4 atom stereocenters. The number of fused-ring (bicyclic) bond motifs is 2. The first-order valence-electron chi connectivity index (χ1n) is 12.8. The van der Waals surface area contributed by atoms with Crippen molar-refractivity contribution in [2.24, 2.45) is 0 Å². The van der Waals surface area contributed by atoms with Crippen LogP contribution in [0.25, 0.3) is 11.2 Å². The lowest BCUT2D eigenvalue weighted by Crippen LogP contribution is -2.38. The van der Waals surface area contributed by atoms with E-state index in [9.17, 15) is 0 Å². The van der Waals surface area contributed by atoms with Gasteiger partial charge < -0.3 is 18.6 Å². The minimum atomic E-state index is -1.64. The van der Waals surface area contributed by atoms with E-state index in [2.05, 4.69) is 43.0 Å². The molecule has 3 heterocycles. The SMILES string of the molecule is CCCSc1nc(Cl)c2nnn([C@@H]3C[C@H](OCCO[Si](CC)(CC)CC)[C@H]4OC(C)(C)O[C@H]43)c2n1. The van der Waals surface area contributed by atoms with Gasteiger partial charge in [0.05, 0.1) is 25.4 Å². The summed E-state index contributed by atoms with van der Waals surface area (Å²) in [6, 6.07) is 3.25. The van der Waals surface area contributed by atoms with Gasteiger partial charge in [-0.15, -0.1) is 5.10 Å². The van der Waals surface area contributed by atoms with Crippen molar-refractivity contribution < 1.29 is 18.6 Å². The molecular formula is C23H38ClN5O4SSi. The molecule has 1 saturated heterocycles. The Morgan fingerprint density at radius 2 is 1.80 bits per heavy atom. The van der Waals surface area contributed by atoms with E-state index in [4.69, 9.17) is 35.2 Å². The summed E-state index contributed by atoms with van der Waals surface area (Å²) in [6.07, 6.45) is 1.14. The van der Waals surface area contributed by atoms with Gasteiger partial charge in [-0.1, -0.05) is 56.3 Å². The van der Waals surface area contributed by atoms with Crippen molar-refractivity contribution in [3.05, 3.63) is 5.15 Å². The molecule has 1 saturated carbocycles. The van der Waals surface area contributed by atoms with Gasteiger partial charge in [0, 0.05) is 12.2 Å². The molecule has 0 amide bonds. The average Bonchev–Trinajstić information content (AvgIpc) is 3.49. The molecule has 2 fully saturated rings. The number of halogens is 1. The summed E-state index contributed by atoms with van der Waals surface area (Å²) in [5, 5.41) is 9.66. The van der Waals surface area contributed by atoms with Gasteiger partial charge in [-0.05, 0) is 38.4 Å². The van der Waals surface area contributed by atoms with Crippen LogP contribution in [0.3, 0.4) is 0 Å². The largest absolute Gasteiger partial charge is 0.414 e. The minimum Gasteiger partial charge on any atom is -0.414 e. The molecule has 35 heavy (non-hydrogen) atoms. The number of rotatable bonds is 12. The van der Waals surface area contributed by atoms with Crippen LogP contribution in [-0.4, -0.2) is 76.3 Å². The predicted octanol–water partition coefficient (Wildman–Crippen LogP) is 5.25. The molecule has 2 aromatic heterocycles. The Bertz CT molecular complexity index is 999. The number of nitrogens with zero attached hydrogens (tertiary/aromatic N) is 5. The normalized spacial score (nSPS) is 26.0. The zero-order valence-corrected chi connectivity index (χ0v) is 24.2. The van der Waals surface area contributed by atoms with E-state index in [0.29, 0.717) is 41.1 Å². The maximum atomic E-state index is 6.43. The van der Waals surface area contributed by atoms with Gasteiger partial charge in [-0.25, -0.2) is 14.6 Å². The van der Waals surface area contributed by atoms with Crippen LogP contribution in [0.2, 0.25) is 23.3 Å². The van der Waals surface area contributed by atoms with E-state index in [-0.39, 0.29) is 24.4 Å². The zero-order chi connectivity index (χ0) is 25.2. The second-order valence-electron chi connectivity index (χ2n) is 9.72. The Balaban J connectivity index is 1.52. The molecular weight excluding hydrogens is 506 g/mol. The van der Waals surface area contributed by atoms with Crippen molar-refractivity contribution in [1.82, 2.24) is 25.0 Å². The molecule has 0 aromatic carbocycles. The Morgan fingerprint density at radius 1 is 1.09 bits per heavy atom. The Morgan fingerprint density at radius 3 is 2.49 bits per heavy atom. The molecule has 1 aliphatic carbocycles. The second kappa shape index (κ2) is 11.3. The molecule has 196 valence electrons. The van der Waals surface area contributed by atoms with Crippen LogP contribution in [0.5, 0.6) is 0 Å². The molecule has 0 bridgehead atoms. The second-order valence-corrected chi connectivity index (χ2v) is 15.9. The van der Waals surface area contributed by atoms with Gasteiger partial charge in [0.15, 0.2) is 35.6 Å². The number of hydrogen-bond acceptors (Lipinski definition) is 9. The third kappa shape index (κ3) is 5.71. The summed E-state index contributed by atoms with van der Waals surface area (Å²) in [5.74, 6) is 0.213. The number of aromatic nitrogens is 5. The summed E-state index contributed by atoms with van der Waals surface area (Å²) in [4.78, 5) is 9.12. The lowest BCUT2D eigenvalue weighted by atomic mass is 10.2. The quantitative estimate of drug-likeness (QED) is 0.117. The van der Waals surface area contributed by atoms with Crippen LogP contribution in [0, 0.1) is 0 Å². The minimum absolute atomic E-state index is 0.136. The summed E-state index contributed by atoms with van der Waals surface area (Å²) in [5.41, 5.74) is 1.12. The van der Waals surface area contributed by atoms with Crippen LogP contribution in [0.1, 0.15) is 60.4 Å². The van der Waals surface area contributed by atoms with E-state index in [1.807, 2.05) is 18.5 Å². The van der Waals surface area contributed by atoms with Gasteiger partial charge in [0.1, 0.15) is 12.2 Å². The highest BCUT2D eigenvalue weighted by Crippen LogP contribution is 2.45. The number of thioether (sulfide) groups is 1. The van der Waals surface area contributed by atoms with Crippen LogP contribution in [0.15, 0.2) is 5.16 Å². The summed E-state index contributed by atoms with van der Waals surface area (Å²) in [6.45, 7) is 13.8. The fraction of sp³-hybridized carbons (Fsp3) is 0.826. The van der Waals surface area contributed by atoms with Gasteiger partial charge in [-0.3, -0.25) is 0 Å². The summed E-state index contributed by atoms with van der Waals surface area (Å²) < 4.78 is 27.2. The van der Waals surface area contributed by atoms with E-state index in [1.165, 1.54) is 0 Å². The maximum absolute atomic E-state index is 6.43. The molecule has 2 aliphatic rings. The van der Waals surface area contributed by atoms with E-state index < -0.39 is 14.1 Å². The molecule has 0 unspecified atom stereocenters. The lowest BCUT2D eigenvalue weighted by Gasteiger charge is -2.28. The van der Waals surface area contributed by atoms with Crippen LogP contribution in [0.4, 0.5) is 0 Å². The van der Waals surface area contributed by atoms with Crippen molar-refractivity contribution in [1.29, 1.82) is 0 Å². The Labute approximate surface area is 218 Å². The third-order valence-corrected chi connectivity index (χ3v) is 13.1. The first-order chi connectivity index (χ1) is 16.8. The molecule has 0 radical (unpaired) electrons. The van der Waals surface area contributed by atoms with Crippen LogP contribution >= 0.6 is 23.4 Å². The van der Waals surface area contributed by atoms with Crippen molar-refractivity contribution in [2.75, 3.05) is 19.0 Å². The highest BCUT2D eigenvalue weighted by atomic mass is 35.5. The number of hydrogen-bond donors (Lipinski definition) is 0. The fourth-order valence-corrected chi connectivity index (χ4v) is 8.66. The van der Waals surface area contributed by atoms with E-state index in [0.717, 1.165) is 30.3 Å². The molecule has 2 aromatic rings. The highest BCUT2D eigenvalue weighted by molar-refractivity contribution is 7.99. The smallest absolute Gasteiger partial charge is 0.192 e. The van der Waals surface area contributed by atoms with Gasteiger partial charge in [0.25, 0.3) is 0 Å². The van der Waals surface area contributed by atoms with Crippen molar-refractivity contribution in [2.45, 2.75) is 108 Å². The summed E-state index contributed by atoms with van der Waals surface area (Å²) >= 11 is 8.01. The third-order valence-electron chi connectivity index (χ3n) is 7.15. The predicted molar refractivity (Wildman–Crippen MR) is 140 cm³/mol. The zero-order valence-electron chi connectivity index (χ0n) is 21.6. The van der Waals surface area contributed by atoms with Crippen molar-refractivity contribution in [3.8, 4) is 0 Å². The van der Waals surface area contributed by atoms with Crippen molar-refractivity contribution >= 4 is 42.8 Å². The molecule has 12 heteroatoms. The molecule has 1 aliphatic heterocycles. The van der Waals surface area contributed by atoms with Crippen LogP contribution < -0.4 is 0 Å². The first kappa shape index (κ1) is 27.2. The molecule has 0 N–H and O–H groups in total. The Hall–Kier alpha value is -0.823. The maximum Gasteiger partial charge on any atom is 0.192 e. The summed E-state index contributed by atoms with van der Waals surface area (Å²) in [7, 11) is -1.64. The number of ether oxygens (including phenoxy) is 3. The lowest BCUT2D eigenvalue weighted by molar-refractivity contribution is -0.170. The van der Waals surface area contributed by atoms with Gasteiger partial charge in [0.2, 0.25) is 0 Å². The van der Waals surface area contributed by atoms with E-state index in [1.54, 1.807) is 11.8 Å². The Kier molecular flexibility index (Phi) is 8.77. The standard InChI is InChI=1S/C23H38ClN5O4SSi/c1-7-13-34-22-25-20(24)17-21(26-22)29(28-27-17)15-14-16(19-18(15)32-23(5,6)33-19)30-11-12-31-35(8-2,9-3)10-4/h15-16,18-19H,7-14H2,1-6H3/t15-,16+,18+,19-/m1/s1. The molecule has 9 nitrogen and oxygen atoms in total. The topological polar surface area (TPSA) is 93.4 Å². The van der Waals surface area contributed by atoms with Gasteiger partial charge in [-0.2, -0.15) is 0 Å². The van der Waals surface area contributed by atoms with Gasteiger partial charge >= 0.3 is 0 Å². The highest BCUT2D eigenvalue weighted by Gasteiger charge is 2.56. The monoisotopic (exact) mass is 543 g/mol.